The first-order valence-corrected chi connectivity index (χ1v) is 7.29. The molecular formula is C12H11BrClNOS. The van der Waals surface area contributed by atoms with E-state index in [9.17, 15) is 0 Å². The molecule has 0 N–H and O–H groups in total. The van der Waals surface area contributed by atoms with Crippen molar-refractivity contribution in [3.05, 3.63) is 33.1 Å². The highest BCUT2D eigenvalue weighted by atomic mass is 79.9. The van der Waals surface area contributed by atoms with Gasteiger partial charge in [0.2, 0.25) is 0 Å². The van der Waals surface area contributed by atoms with Crippen LogP contribution in [-0.4, -0.2) is 18.0 Å². The smallest absolute Gasteiger partial charge is 0.133 e. The zero-order chi connectivity index (χ0) is 12.3. The predicted octanol–water partition coefficient (Wildman–Crippen LogP) is 4.36. The summed E-state index contributed by atoms with van der Waals surface area (Å²) >= 11 is 10.8. The van der Waals surface area contributed by atoms with Crippen LogP contribution in [0.25, 0.3) is 11.3 Å². The predicted molar refractivity (Wildman–Crippen MR) is 76.2 cm³/mol. The zero-order valence-corrected chi connectivity index (χ0v) is 12.4. The molecule has 1 aromatic carbocycles. The topological polar surface area (TPSA) is 22.1 Å². The lowest BCUT2D eigenvalue weighted by Crippen LogP contribution is -1.87. The molecule has 0 fully saturated rings. The third-order valence-electron chi connectivity index (χ3n) is 2.31. The van der Waals surface area contributed by atoms with Gasteiger partial charge in [-0.3, -0.25) is 0 Å². The summed E-state index contributed by atoms with van der Waals surface area (Å²) in [4.78, 5) is 4.54. The molecule has 2 aromatic rings. The Kier molecular flexibility index (Phi) is 4.42. The summed E-state index contributed by atoms with van der Waals surface area (Å²) in [6, 6.07) is 5.95. The van der Waals surface area contributed by atoms with E-state index in [1.807, 2.05) is 18.2 Å². The summed E-state index contributed by atoms with van der Waals surface area (Å²) in [6.07, 6.45) is 0.823. The lowest BCUT2D eigenvalue weighted by Gasteiger charge is -2.04. The normalized spacial score (nSPS) is 10.5. The summed E-state index contributed by atoms with van der Waals surface area (Å²) in [7, 11) is 1.65. The molecule has 0 amide bonds. The van der Waals surface area contributed by atoms with Gasteiger partial charge in [0.15, 0.2) is 0 Å². The highest BCUT2D eigenvalue weighted by Crippen LogP contribution is 2.31. The number of ether oxygens (including phenoxy) is 1. The highest BCUT2D eigenvalue weighted by molar-refractivity contribution is 9.10. The van der Waals surface area contributed by atoms with Crippen LogP contribution in [0, 0.1) is 0 Å². The van der Waals surface area contributed by atoms with Crippen LogP contribution in [-0.2, 0) is 6.42 Å². The van der Waals surface area contributed by atoms with Gasteiger partial charge < -0.3 is 4.74 Å². The van der Waals surface area contributed by atoms with Gasteiger partial charge in [-0.05, 0) is 34.1 Å². The average molecular weight is 333 g/mol. The Morgan fingerprint density at radius 3 is 2.94 bits per heavy atom. The minimum atomic E-state index is 0.610. The van der Waals surface area contributed by atoms with Gasteiger partial charge in [0.05, 0.1) is 22.3 Å². The number of thiazole rings is 1. The SMILES string of the molecule is COc1ccc(-c2csc(CCCl)n2)cc1Br. The average Bonchev–Trinajstić information content (AvgIpc) is 2.78. The number of methoxy groups -OCH3 is 1. The molecule has 17 heavy (non-hydrogen) atoms. The van der Waals surface area contributed by atoms with E-state index in [1.54, 1.807) is 18.4 Å². The Labute approximate surface area is 118 Å². The molecule has 0 aliphatic heterocycles. The van der Waals surface area contributed by atoms with Crippen molar-refractivity contribution >= 4 is 38.9 Å². The lowest BCUT2D eigenvalue weighted by molar-refractivity contribution is 0.412. The summed E-state index contributed by atoms with van der Waals surface area (Å²) < 4.78 is 6.13. The van der Waals surface area contributed by atoms with Gasteiger partial charge in [-0.1, -0.05) is 0 Å². The van der Waals surface area contributed by atoms with Crippen molar-refractivity contribution < 1.29 is 4.74 Å². The molecule has 0 aliphatic rings. The number of nitrogens with zero attached hydrogens (tertiary/aromatic N) is 1. The second-order valence-corrected chi connectivity index (χ2v) is 5.59. The van der Waals surface area contributed by atoms with E-state index in [1.165, 1.54) is 0 Å². The standard InChI is InChI=1S/C12H11BrClNOS/c1-16-11-3-2-8(6-9(11)13)10-7-17-12(15-10)4-5-14/h2-3,6-7H,4-5H2,1H3. The fraction of sp³-hybridized carbons (Fsp3) is 0.250. The van der Waals surface area contributed by atoms with Gasteiger partial charge in [0.1, 0.15) is 5.75 Å². The van der Waals surface area contributed by atoms with Crippen LogP contribution in [0.4, 0.5) is 0 Å². The van der Waals surface area contributed by atoms with Gasteiger partial charge in [-0.2, -0.15) is 0 Å². The maximum atomic E-state index is 5.70. The summed E-state index contributed by atoms with van der Waals surface area (Å²) in [6.45, 7) is 0. The molecule has 0 saturated heterocycles. The quantitative estimate of drug-likeness (QED) is 0.776. The molecule has 2 rings (SSSR count). The minimum absolute atomic E-state index is 0.610. The van der Waals surface area contributed by atoms with Gasteiger partial charge >= 0.3 is 0 Å². The molecule has 0 radical (unpaired) electrons. The third-order valence-corrected chi connectivity index (χ3v) is 4.02. The minimum Gasteiger partial charge on any atom is -0.496 e. The maximum absolute atomic E-state index is 5.70. The molecule has 90 valence electrons. The number of benzene rings is 1. The molecule has 1 aromatic heterocycles. The Balaban J connectivity index is 2.29. The first-order chi connectivity index (χ1) is 8.24. The van der Waals surface area contributed by atoms with Crippen LogP contribution in [0.5, 0.6) is 5.75 Å². The van der Waals surface area contributed by atoms with Crippen molar-refractivity contribution in [1.82, 2.24) is 4.98 Å². The number of hydrogen-bond acceptors (Lipinski definition) is 3. The molecule has 5 heteroatoms. The number of aryl methyl sites for hydroxylation is 1. The maximum Gasteiger partial charge on any atom is 0.133 e. The highest BCUT2D eigenvalue weighted by Gasteiger charge is 2.07. The molecule has 0 unspecified atom stereocenters. The van der Waals surface area contributed by atoms with Crippen molar-refractivity contribution in [2.24, 2.45) is 0 Å². The molecule has 0 spiro atoms. The molecule has 0 bridgehead atoms. The van der Waals surface area contributed by atoms with Crippen LogP contribution >= 0.6 is 38.9 Å². The van der Waals surface area contributed by atoms with Gasteiger partial charge in [0, 0.05) is 23.2 Å². The molecular weight excluding hydrogens is 322 g/mol. The third kappa shape index (κ3) is 3.00. The first-order valence-electron chi connectivity index (χ1n) is 5.09. The van der Waals surface area contributed by atoms with Gasteiger partial charge in [-0.25, -0.2) is 4.98 Å². The van der Waals surface area contributed by atoms with E-state index < -0.39 is 0 Å². The molecule has 0 saturated carbocycles. The largest absolute Gasteiger partial charge is 0.496 e. The Morgan fingerprint density at radius 2 is 2.29 bits per heavy atom. The number of alkyl halides is 1. The van der Waals surface area contributed by atoms with Crippen LogP contribution in [0.3, 0.4) is 0 Å². The fourth-order valence-corrected chi connectivity index (χ4v) is 3.10. The molecule has 2 nitrogen and oxygen atoms in total. The number of hydrogen-bond donors (Lipinski definition) is 0. The van der Waals surface area contributed by atoms with E-state index in [-0.39, 0.29) is 0 Å². The van der Waals surface area contributed by atoms with Crippen molar-refractivity contribution in [1.29, 1.82) is 0 Å². The number of halogens is 2. The molecule has 1 heterocycles. The van der Waals surface area contributed by atoms with E-state index in [2.05, 4.69) is 26.3 Å². The number of aromatic nitrogens is 1. The van der Waals surface area contributed by atoms with Crippen molar-refractivity contribution in [2.75, 3.05) is 13.0 Å². The molecule has 0 aliphatic carbocycles. The van der Waals surface area contributed by atoms with Crippen molar-refractivity contribution in [3.63, 3.8) is 0 Å². The lowest BCUT2D eigenvalue weighted by atomic mass is 10.2. The van der Waals surface area contributed by atoms with Crippen molar-refractivity contribution in [2.45, 2.75) is 6.42 Å². The Hall–Kier alpha value is -0.580. The van der Waals surface area contributed by atoms with Gasteiger partial charge in [0.25, 0.3) is 0 Å². The zero-order valence-electron chi connectivity index (χ0n) is 9.24. The summed E-state index contributed by atoms with van der Waals surface area (Å²) in [5.41, 5.74) is 2.06. The summed E-state index contributed by atoms with van der Waals surface area (Å²) in [5, 5.41) is 3.12. The first kappa shape index (κ1) is 12.9. The van der Waals surface area contributed by atoms with E-state index in [0.29, 0.717) is 5.88 Å². The van der Waals surface area contributed by atoms with Crippen LogP contribution in [0.15, 0.2) is 28.1 Å². The number of rotatable bonds is 4. The van der Waals surface area contributed by atoms with Gasteiger partial charge in [-0.15, -0.1) is 22.9 Å². The van der Waals surface area contributed by atoms with E-state index in [0.717, 1.165) is 32.9 Å². The fourth-order valence-electron chi connectivity index (χ4n) is 1.46. The Morgan fingerprint density at radius 1 is 1.47 bits per heavy atom. The molecule has 0 atom stereocenters. The van der Waals surface area contributed by atoms with Crippen LogP contribution in [0.1, 0.15) is 5.01 Å². The van der Waals surface area contributed by atoms with E-state index in [4.69, 9.17) is 16.3 Å². The van der Waals surface area contributed by atoms with E-state index >= 15 is 0 Å². The second kappa shape index (κ2) is 5.85. The second-order valence-electron chi connectivity index (χ2n) is 3.41. The van der Waals surface area contributed by atoms with Crippen LogP contribution in [0.2, 0.25) is 0 Å². The monoisotopic (exact) mass is 331 g/mol. The van der Waals surface area contributed by atoms with Crippen LogP contribution < -0.4 is 4.74 Å². The Bertz CT molecular complexity index is 515. The van der Waals surface area contributed by atoms with Crippen molar-refractivity contribution in [3.8, 4) is 17.0 Å². The summed E-state index contributed by atoms with van der Waals surface area (Å²) in [5.74, 6) is 1.43.